The molecule has 1 aromatic heterocycles. The van der Waals surface area contributed by atoms with Crippen LogP contribution in [-0.4, -0.2) is 5.97 Å². The Morgan fingerprint density at radius 1 is 1.11 bits per heavy atom. The molecule has 0 aliphatic carbocycles. The maximum Gasteiger partial charge on any atom is 0.317 e. The molecule has 0 aliphatic heterocycles. The summed E-state index contributed by atoms with van der Waals surface area (Å²) >= 11 is 0. The number of rotatable bonds is 4. The average molecular weight is 242 g/mol. The first-order valence-corrected chi connectivity index (χ1v) is 5.93. The summed E-state index contributed by atoms with van der Waals surface area (Å²) in [4.78, 5) is 11.9. The van der Waals surface area contributed by atoms with E-state index in [1.807, 2.05) is 72.4 Å². The first-order chi connectivity index (χ1) is 8.77. The quantitative estimate of drug-likeness (QED) is 0.608. The van der Waals surface area contributed by atoms with Gasteiger partial charge in [0.15, 0.2) is 12.4 Å². The number of pyridine rings is 1. The number of benzene rings is 1. The largest absolute Gasteiger partial charge is 0.404 e. The zero-order valence-electron chi connectivity index (χ0n) is 10.3. The van der Waals surface area contributed by atoms with E-state index in [0.717, 1.165) is 5.56 Å². The van der Waals surface area contributed by atoms with E-state index >= 15 is 0 Å². The summed E-state index contributed by atoms with van der Waals surface area (Å²) in [7, 11) is 0. The van der Waals surface area contributed by atoms with E-state index in [2.05, 4.69) is 0 Å². The van der Waals surface area contributed by atoms with E-state index in [9.17, 15) is 4.79 Å². The highest BCUT2D eigenvalue weighted by molar-refractivity contribution is 5.77. The molecule has 0 bridgehead atoms. The van der Waals surface area contributed by atoms with Crippen molar-refractivity contribution in [3.63, 3.8) is 0 Å². The molecule has 92 valence electrons. The number of esters is 1. The Balaban J connectivity index is 1.93. The molecule has 1 aromatic carbocycles. The summed E-state index contributed by atoms with van der Waals surface area (Å²) in [5.41, 5.74) is 0.973. The first kappa shape index (κ1) is 12.3. The fourth-order valence-corrected chi connectivity index (χ4v) is 1.66. The molecule has 0 spiro atoms. The van der Waals surface area contributed by atoms with Crippen molar-refractivity contribution in [3.8, 4) is 0 Å². The maximum absolute atomic E-state index is 11.9. The van der Waals surface area contributed by atoms with Crippen molar-refractivity contribution < 1.29 is 14.1 Å². The van der Waals surface area contributed by atoms with Crippen LogP contribution in [0, 0.1) is 0 Å². The lowest BCUT2D eigenvalue weighted by atomic mass is 10.0. The molecule has 0 fully saturated rings. The van der Waals surface area contributed by atoms with E-state index in [0.29, 0.717) is 0 Å². The second kappa shape index (κ2) is 5.96. The molecule has 1 atom stereocenters. The Labute approximate surface area is 107 Å². The Bertz CT molecular complexity index is 496. The lowest BCUT2D eigenvalue weighted by molar-refractivity contribution is -0.727. The molecule has 0 aliphatic rings. The van der Waals surface area contributed by atoms with Crippen molar-refractivity contribution in [2.75, 3.05) is 0 Å². The Kier molecular flexibility index (Phi) is 4.07. The van der Waals surface area contributed by atoms with E-state index in [1.165, 1.54) is 0 Å². The fourth-order valence-electron chi connectivity index (χ4n) is 1.66. The van der Waals surface area contributed by atoms with Crippen LogP contribution in [0.4, 0.5) is 0 Å². The van der Waals surface area contributed by atoms with E-state index < -0.39 is 0 Å². The molecular formula is C15H16NO2+. The highest BCUT2D eigenvalue weighted by atomic mass is 16.5. The number of aromatic nitrogens is 1. The van der Waals surface area contributed by atoms with Gasteiger partial charge in [0, 0.05) is 12.1 Å². The number of carbonyl (C=O) groups is 1. The van der Waals surface area contributed by atoms with Gasteiger partial charge in [0.25, 0.3) is 6.73 Å². The monoisotopic (exact) mass is 242 g/mol. The third kappa shape index (κ3) is 3.17. The summed E-state index contributed by atoms with van der Waals surface area (Å²) in [6.45, 7) is 2.10. The van der Waals surface area contributed by atoms with Gasteiger partial charge in [0.1, 0.15) is 0 Å². The molecule has 0 amide bonds. The third-order valence-electron chi connectivity index (χ3n) is 2.79. The molecule has 0 saturated heterocycles. The second-order valence-electron chi connectivity index (χ2n) is 4.11. The van der Waals surface area contributed by atoms with E-state index in [1.54, 1.807) is 0 Å². The van der Waals surface area contributed by atoms with Gasteiger partial charge >= 0.3 is 5.97 Å². The number of ether oxygens (including phenoxy) is 1. The summed E-state index contributed by atoms with van der Waals surface area (Å²) in [5, 5.41) is 0. The SMILES string of the molecule is C[C@H](C(=O)OC[n+]1ccccc1)c1ccccc1. The predicted octanol–water partition coefficient (Wildman–Crippen LogP) is 2.28. The molecule has 2 rings (SSSR count). The van der Waals surface area contributed by atoms with Crippen LogP contribution in [0.1, 0.15) is 18.4 Å². The van der Waals surface area contributed by atoms with Crippen LogP contribution in [0.3, 0.4) is 0 Å². The van der Waals surface area contributed by atoms with Gasteiger partial charge in [0.05, 0.1) is 5.92 Å². The van der Waals surface area contributed by atoms with Crippen LogP contribution in [0.5, 0.6) is 0 Å². The molecule has 3 nitrogen and oxygen atoms in total. The lowest BCUT2D eigenvalue weighted by Crippen LogP contribution is -2.35. The maximum atomic E-state index is 11.9. The van der Waals surface area contributed by atoms with Crippen LogP contribution >= 0.6 is 0 Å². The summed E-state index contributed by atoms with van der Waals surface area (Å²) in [5.74, 6) is -0.451. The zero-order chi connectivity index (χ0) is 12.8. The minimum Gasteiger partial charge on any atom is -0.404 e. The molecule has 1 heterocycles. The van der Waals surface area contributed by atoms with Crippen molar-refractivity contribution in [1.29, 1.82) is 0 Å². The van der Waals surface area contributed by atoms with Crippen molar-refractivity contribution in [2.45, 2.75) is 19.6 Å². The van der Waals surface area contributed by atoms with Crippen LogP contribution in [-0.2, 0) is 16.3 Å². The minimum atomic E-state index is -0.240. The molecule has 0 saturated carbocycles. The smallest absolute Gasteiger partial charge is 0.317 e. The molecular weight excluding hydrogens is 226 g/mol. The highest BCUT2D eigenvalue weighted by Crippen LogP contribution is 2.15. The predicted molar refractivity (Wildman–Crippen MR) is 67.6 cm³/mol. The fraction of sp³-hybridized carbons (Fsp3) is 0.200. The van der Waals surface area contributed by atoms with Crippen LogP contribution in [0.15, 0.2) is 60.9 Å². The van der Waals surface area contributed by atoms with Crippen LogP contribution < -0.4 is 4.57 Å². The van der Waals surface area contributed by atoms with Crippen LogP contribution in [0.25, 0.3) is 0 Å². The number of nitrogens with zero attached hydrogens (tertiary/aromatic N) is 1. The van der Waals surface area contributed by atoms with Gasteiger partial charge in [-0.1, -0.05) is 36.4 Å². The Morgan fingerprint density at radius 3 is 2.39 bits per heavy atom. The molecule has 0 unspecified atom stereocenters. The molecule has 0 radical (unpaired) electrons. The molecule has 0 N–H and O–H groups in total. The normalized spacial score (nSPS) is 11.8. The van der Waals surface area contributed by atoms with Gasteiger partial charge in [0.2, 0.25) is 0 Å². The first-order valence-electron chi connectivity index (χ1n) is 5.93. The Morgan fingerprint density at radius 2 is 1.72 bits per heavy atom. The standard InChI is InChI=1S/C15H16NO2/c1-13(14-8-4-2-5-9-14)15(17)18-12-16-10-6-3-7-11-16/h2-11,13H,12H2,1H3/q+1/t13-/m0/s1. The van der Waals surface area contributed by atoms with Gasteiger partial charge in [-0.2, -0.15) is 4.57 Å². The van der Waals surface area contributed by atoms with Gasteiger partial charge in [-0.15, -0.1) is 0 Å². The average Bonchev–Trinajstić information content (AvgIpc) is 2.46. The van der Waals surface area contributed by atoms with Crippen molar-refractivity contribution >= 4 is 5.97 Å². The van der Waals surface area contributed by atoms with Gasteiger partial charge in [-0.3, -0.25) is 4.79 Å². The second-order valence-corrected chi connectivity index (χ2v) is 4.11. The van der Waals surface area contributed by atoms with Crippen molar-refractivity contribution in [1.82, 2.24) is 0 Å². The van der Waals surface area contributed by atoms with Crippen LogP contribution in [0.2, 0.25) is 0 Å². The minimum absolute atomic E-state index is 0.211. The lowest BCUT2D eigenvalue weighted by Gasteiger charge is -2.09. The summed E-state index contributed by atoms with van der Waals surface area (Å²) in [6.07, 6.45) is 3.72. The topological polar surface area (TPSA) is 30.2 Å². The molecule has 18 heavy (non-hydrogen) atoms. The molecule has 3 heteroatoms. The number of carbonyl (C=O) groups excluding carboxylic acids is 1. The highest BCUT2D eigenvalue weighted by Gasteiger charge is 2.17. The van der Waals surface area contributed by atoms with Crippen molar-refractivity contribution in [3.05, 3.63) is 66.5 Å². The van der Waals surface area contributed by atoms with Crippen molar-refractivity contribution in [2.24, 2.45) is 0 Å². The summed E-state index contributed by atoms with van der Waals surface area (Å²) in [6, 6.07) is 15.4. The number of hydrogen-bond donors (Lipinski definition) is 0. The summed E-state index contributed by atoms with van der Waals surface area (Å²) < 4.78 is 7.08. The van der Waals surface area contributed by atoms with Gasteiger partial charge < -0.3 is 4.74 Å². The third-order valence-corrected chi connectivity index (χ3v) is 2.79. The van der Waals surface area contributed by atoms with Gasteiger partial charge in [-0.05, 0) is 12.5 Å². The van der Waals surface area contributed by atoms with Gasteiger partial charge in [-0.25, -0.2) is 0 Å². The molecule has 2 aromatic rings. The van der Waals surface area contributed by atoms with E-state index in [4.69, 9.17) is 4.74 Å². The Hall–Kier alpha value is -2.16. The zero-order valence-corrected chi connectivity index (χ0v) is 10.3. The van der Waals surface area contributed by atoms with E-state index in [-0.39, 0.29) is 18.6 Å². The number of hydrogen-bond acceptors (Lipinski definition) is 2.